The van der Waals surface area contributed by atoms with E-state index in [-0.39, 0.29) is 10.8 Å². The van der Waals surface area contributed by atoms with Crippen molar-refractivity contribution in [1.82, 2.24) is 25.1 Å². The topological polar surface area (TPSA) is 118 Å². The largest absolute Gasteiger partial charge is 0.497 e. The highest BCUT2D eigenvalue weighted by atomic mass is 32.2. The SMILES string of the molecule is COc1ccc(S(=O)(=O)CC(=O)N2CCC[C@H](c3[nH]nc4nccnc34)C2)cc1. The summed E-state index contributed by atoms with van der Waals surface area (Å²) in [5.41, 5.74) is 2.06. The van der Waals surface area contributed by atoms with Gasteiger partial charge >= 0.3 is 0 Å². The van der Waals surface area contributed by atoms with Crippen LogP contribution >= 0.6 is 0 Å². The van der Waals surface area contributed by atoms with Crippen molar-refractivity contribution in [2.45, 2.75) is 23.7 Å². The number of sulfone groups is 1. The summed E-state index contributed by atoms with van der Waals surface area (Å²) < 4.78 is 30.3. The lowest BCUT2D eigenvalue weighted by molar-refractivity contribution is -0.129. The molecular formula is C19H21N5O4S. The van der Waals surface area contributed by atoms with Crippen LogP contribution in [0.15, 0.2) is 41.6 Å². The van der Waals surface area contributed by atoms with E-state index in [1.165, 1.54) is 19.2 Å². The summed E-state index contributed by atoms with van der Waals surface area (Å²) in [6, 6.07) is 6.04. The Hall–Kier alpha value is -3.01. The lowest BCUT2D eigenvalue weighted by atomic mass is 9.94. The van der Waals surface area contributed by atoms with Gasteiger partial charge < -0.3 is 9.64 Å². The molecule has 1 aliphatic heterocycles. The smallest absolute Gasteiger partial charge is 0.238 e. The zero-order valence-electron chi connectivity index (χ0n) is 15.9. The maximum absolute atomic E-state index is 12.8. The second-order valence-corrected chi connectivity index (χ2v) is 8.97. The highest BCUT2D eigenvalue weighted by molar-refractivity contribution is 7.92. The number of benzene rings is 1. The molecule has 0 aliphatic carbocycles. The van der Waals surface area contributed by atoms with Crippen molar-refractivity contribution in [3.63, 3.8) is 0 Å². The monoisotopic (exact) mass is 415 g/mol. The van der Waals surface area contributed by atoms with Crippen LogP contribution in [0, 0.1) is 0 Å². The molecule has 1 saturated heterocycles. The van der Waals surface area contributed by atoms with Crippen LogP contribution in [0.2, 0.25) is 0 Å². The molecule has 1 aromatic carbocycles. The quantitative estimate of drug-likeness (QED) is 0.671. The second-order valence-electron chi connectivity index (χ2n) is 6.98. The Labute approximate surface area is 168 Å². The van der Waals surface area contributed by atoms with E-state index < -0.39 is 21.5 Å². The van der Waals surface area contributed by atoms with Gasteiger partial charge in [0.2, 0.25) is 5.91 Å². The van der Waals surface area contributed by atoms with Crippen LogP contribution in [-0.4, -0.2) is 65.3 Å². The number of amides is 1. The predicted molar refractivity (Wildman–Crippen MR) is 105 cm³/mol. The highest BCUT2D eigenvalue weighted by Crippen LogP contribution is 2.29. The van der Waals surface area contributed by atoms with Crippen molar-refractivity contribution >= 4 is 26.9 Å². The number of ether oxygens (including phenoxy) is 1. The Morgan fingerprint density at radius 2 is 2.00 bits per heavy atom. The van der Waals surface area contributed by atoms with Crippen molar-refractivity contribution in [1.29, 1.82) is 0 Å². The average Bonchev–Trinajstić information content (AvgIpc) is 3.18. The summed E-state index contributed by atoms with van der Waals surface area (Å²) in [4.78, 5) is 23.0. The first-order valence-corrected chi connectivity index (χ1v) is 10.9. The lowest BCUT2D eigenvalue weighted by Crippen LogP contribution is -2.42. The van der Waals surface area contributed by atoms with E-state index in [0.29, 0.717) is 30.0 Å². The van der Waals surface area contributed by atoms with Crippen LogP contribution in [0.25, 0.3) is 11.2 Å². The van der Waals surface area contributed by atoms with Gasteiger partial charge in [0.15, 0.2) is 15.5 Å². The van der Waals surface area contributed by atoms with E-state index in [2.05, 4.69) is 20.2 Å². The molecule has 10 heteroatoms. The summed E-state index contributed by atoms with van der Waals surface area (Å²) in [5, 5.41) is 7.15. The van der Waals surface area contributed by atoms with Crippen molar-refractivity contribution in [2.24, 2.45) is 0 Å². The maximum atomic E-state index is 12.8. The fraction of sp³-hybridized carbons (Fsp3) is 0.368. The first-order chi connectivity index (χ1) is 14.0. The Bertz CT molecular complexity index is 1130. The number of aromatic nitrogens is 4. The Morgan fingerprint density at radius 1 is 1.24 bits per heavy atom. The van der Waals surface area contributed by atoms with E-state index in [9.17, 15) is 13.2 Å². The number of hydrogen-bond acceptors (Lipinski definition) is 7. The molecule has 0 saturated carbocycles. The molecule has 9 nitrogen and oxygen atoms in total. The van der Waals surface area contributed by atoms with Gasteiger partial charge in [-0.05, 0) is 37.1 Å². The molecule has 1 N–H and O–H groups in total. The van der Waals surface area contributed by atoms with Gasteiger partial charge in [-0.2, -0.15) is 5.10 Å². The number of aromatic amines is 1. The van der Waals surface area contributed by atoms with Crippen molar-refractivity contribution in [3.05, 3.63) is 42.4 Å². The summed E-state index contributed by atoms with van der Waals surface area (Å²) in [5.74, 6) is -0.391. The first kappa shape index (κ1) is 19.3. The molecule has 0 bridgehead atoms. The number of carbonyl (C=O) groups is 1. The number of fused-ring (bicyclic) bond motifs is 1. The molecule has 0 radical (unpaired) electrons. The number of piperidine rings is 1. The summed E-state index contributed by atoms with van der Waals surface area (Å²) in [7, 11) is -2.22. The molecule has 152 valence electrons. The van der Waals surface area contributed by atoms with E-state index >= 15 is 0 Å². The zero-order valence-corrected chi connectivity index (χ0v) is 16.7. The second kappa shape index (κ2) is 7.78. The molecule has 0 unspecified atom stereocenters. The van der Waals surface area contributed by atoms with Crippen LogP contribution in [0.1, 0.15) is 24.5 Å². The van der Waals surface area contributed by atoms with Crippen molar-refractivity contribution < 1.29 is 17.9 Å². The third-order valence-corrected chi connectivity index (χ3v) is 6.75. The fourth-order valence-corrected chi connectivity index (χ4v) is 4.84. The molecule has 3 aromatic rings. The van der Waals surface area contributed by atoms with Gasteiger partial charge in [0, 0.05) is 31.4 Å². The van der Waals surface area contributed by atoms with Crippen LogP contribution < -0.4 is 4.74 Å². The highest BCUT2D eigenvalue weighted by Gasteiger charge is 2.30. The molecule has 0 spiro atoms. The summed E-state index contributed by atoms with van der Waals surface area (Å²) in [6.45, 7) is 0.954. The van der Waals surface area contributed by atoms with Gasteiger partial charge in [-0.3, -0.25) is 9.89 Å². The number of rotatable bonds is 5. The van der Waals surface area contributed by atoms with Gasteiger partial charge in [-0.25, -0.2) is 18.4 Å². The van der Waals surface area contributed by atoms with Crippen LogP contribution in [0.4, 0.5) is 0 Å². The van der Waals surface area contributed by atoms with Gasteiger partial charge in [-0.1, -0.05) is 0 Å². The molecule has 3 heterocycles. The molecule has 4 rings (SSSR count). The minimum Gasteiger partial charge on any atom is -0.497 e. The number of nitrogens with one attached hydrogen (secondary N) is 1. The standard InChI is InChI=1S/C19H21N5O4S/c1-28-14-4-6-15(7-5-14)29(26,27)12-16(25)24-10-2-3-13(11-24)17-18-19(23-22-17)21-9-8-20-18/h4-9,13H,2-3,10-12H2,1H3,(H,21,22,23)/t13-/m0/s1. The van der Waals surface area contributed by atoms with E-state index in [4.69, 9.17) is 4.74 Å². The van der Waals surface area contributed by atoms with E-state index in [1.54, 1.807) is 29.4 Å². The van der Waals surface area contributed by atoms with Gasteiger partial charge in [-0.15, -0.1) is 0 Å². The molecule has 1 aliphatic rings. The average molecular weight is 415 g/mol. The van der Waals surface area contributed by atoms with Crippen LogP contribution in [0.3, 0.4) is 0 Å². The normalized spacial score (nSPS) is 17.4. The third kappa shape index (κ3) is 3.93. The fourth-order valence-electron chi connectivity index (χ4n) is 3.61. The van der Waals surface area contributed by atoms with Crippen molar-refractivity contribution in [3.8, 4) is 5.75 Å². The number of carbonyl (C=O) groups excluding carboxylic acids is 1. The van der Waals surface area contributed by atoms with Gasteiger partial charge in [0.25, 0.3) is 0 Å². The first-order valence-electron chi connectivity index (χ1n) is 9.27. The van der Waals surface area contributed by atoms with Crippen LogP contribution in [-0.2, 0) is 14.6 Å². The molecule has 1 fully saturated rings. The zero-order chi connectivity index (χ0) is 20.4. The summed E-state index contributed by atoms with van der Waals surface area (Å²) >= 11 is 0. The number of H-pyrrole nitrogens is 1. The third-order valence-electron chi connectivity index (χ3n) is 5.13. The predicted octanol–water partition coefficient (Wildman–Crippen LogP) is 1.54. The van der Waals surface area contributed by atoms with Gasteiger partial charge in [0.05, 0.1) is 17.7 Å². The van der Waals surface area contributed by atoms with Gasteiger partial charge in [0.1, 0.15) is 17.0 Å². The molecular weight excluding hydrogens is 394 g/mol. The van der Waals surface area contributed by atoms with Crippen molar-refractivity contribution in [2.75, 3.05) is 26.0 Å². The minimum atomic E-state index is -3.73. The number of likely N-dealkylation sites (tertiary alicyclic amines) is 1. The van der Waals surface area contributed by atoms with E-state index in [0.717, 1.165) is 18.5 Å². The summed E-state index contributed by atoms with van der Waals surface area (Å²) in [6.07, 6.45) is 4.82. The number of nitrogens with zero attached hydrogens (tertiary/aromatic N) is 4. The minimum absolute atomic E-state index is 0.0121. The number of methoxy groups -OCH3 is 1. The Balaban J connectivity index is 1.48. The lowest BCUT2D eigenvalue weighted by Gasteiger charge is -2.32. The van der Waals surface area contributed by atoms with E-state index in [1.807, 2.05) is 0 Å². The Kier molecular flexibility index (Phi) is 5.18. The molecule has 1 atom stereocenters. The molecule has 2 aromatic heterocycles. The van der Waals surface area contributed by atoms with Crippen LogP contribution in [0.5, 0.6) is 5.75 Å². The Morgan fingerprint density at radius 3 is 2.76 bits per heavy atom. The molecule has 1 amide bonds. The number of hydrogen-bond donors (Lipinski definition) is 1. The molecule has 29 heavy (non-hydrogen) atoms. The maximum Gasteiger partial charge on any atom is 0.238 e.